The molecular formula is C24H31NO4. The van der Waals surface area contributed by atoms with Gasteiger partial charge >= 0.3 is 0 Å². The summed E-state index contributed by atoms with van der Waals surface area (Å²) in [7, 11) is 4.96. The SMILES string of the molecule is COc1cccc(CC2c3cc(OC)c(OC)cc3CCN2C(=O)C(C)(C)C)c1. The summed E-state index contributed by atoms with van der Waals surface area (Å²) in [5, 5.41) is 0. The van der Waals surface area contributed by atoms with E-state index in [0.717, 1.165) is 29.0 Å². The third kappa shape index (κ3) is 4.34. The number of hydrogen-bond donors (Lipinski definition) is 0. The first-order chi connectivity index (χ1) is 13.8. The Morgan fingerprint density at radius 3 is 2.34 bits per heavy atom. The van der Waals surface area contributed by atoms with Gasteiger partial charge in [-0.1, -0.05) is 32.9 Å². The van der Waals surface area contributed by atoms with Gasteiger partial charge in [-0.05, 0) is 53.8 Å². The zero-order valence-electron chi connectivity index (χ0n) is 18.2. The van der Waals surface area contributed by atoms with Crippen molar-refractivity contribution in [1.29, 1.82) is 0 Å². The molecule has 0 radical (unpaired) electrons. The molecule has 1 aliphatic rings. The highest BCUT2D eigenvalue weighted by molar-refractivity contribution is 5.82. The van der Waals surface area contributed by atoms with Crippen molar-refractivity contribution >= 4 is 5.91 Å². The molecule has 29 heavy (non-hydrogen) atoms. The highest BCUT2D eigenvalue weighted by Gasteiger charge is 2.36. The van der Waals surface area contributed by atoms with Crippen LogP contribution in [0.1, 0.15) is 43.5 Å². The van der Waals surface area contributed by atoms with Crippen LogP contribution < -0.4 is 14.2 Å². The molecule has 0 N–H and O–H groups in total. The molecule has 0 aromatic heterocycles. The van der Waals surface area contributed by atoms with Crippen molar-refractivity contribution in [2.75, 3.05) is 27.9 Å². The second-order valence-corrected chi connectivity index (χ2v) is 8.48. The quantitative estimate of drug-likeness (QED) is 0.749. The van der Waals surface area contributed by atoms with Gasteiger partial charge in [-0.3, -0.25) is 4.79 Å². The Morgan fingerprint density at radius 2 is 1.72 bits per heavy atom. The maximum absolute atomic E-state index is 13.3. The Labute approximate surface area is 173 Å². The van der Waals surface area contributed by atoms with E-state index >= 15 is 0 Å². The summed E-state index contributed by atoms with van der Waals surface area (Å²) in [5.74, 6) is 2.39. The molecular weight excluding hydrogens is 366 g/mol. The second-order valence-electron chi connectivity index (χ2n) is 8.48. The topological polar surface area (TPSA) is 48.0 Å². The van der Waals surface area contributed by atoms with Crippen LogP contribution in [0.2, 0.25) is 0 Å². The van der Waals surface area contributed by atoms with E-state index in [1.807, 2.05) is 56.0 Å². The van der Waals surface area contributed by atoms with Gasteiger partial charge < -0.3 is 19.1 Å². The van der Waals surface area contributed by atoms with Gasteiger partial charge in [0.15, 0.2) is 11.5 Å². The standard InChI is InChI=1S/C24H31NO4/c1-24(2,3)23(26)25-11-10-17-14-21(28-5)22(29-6)15-19(17)20(25)13-16-8-7-9-18(12-16)27-4/h7-9,12,14-15,20H,10-11,13H2,1-6H3. The van der Waals surface area contributed by atoms with Gasteiger partial charge in [-0.25, -0.2) is 0 Å². The summed E-state index contributed by atoms with van der Waals surface area (Å²) in [6.07, 6.45) is 1.51. The van der Waals surface area contributed by atoms with Crippen molar-refractivity contribution in [2.45, 2.75) is 39.7 Å². The van der Waals surface area contributed by atoms with Crippen LogP contribution in [-0.2, 0) is 17.6 Å². The van der Waals surface area contributed by atoms with Crippen molar-refractivity contribution in [3.05, 3.63) is 53.1 Å². The van der Waals surface area contributed by atoms with Crippen LogP contribution in [-0.4, -0.2) is 38.7 Å². The Kier molecular flexibility index (Phi) is 6.06. The molecule has 0 saturated carbocycles. The highest BCUT2D eigenvalue weighted by atomic mass is 16.5. The van der Waals surface area contributed by atoms with Gasteiger partial charge in [0, 0.05) is 12.0 Å². The minimum atomic E-state index is -0.444. The molecule has 0 fully saturated rings. The van der Waals surface area contributed by atoms with Crippen LogP contribution in [0.5, 0.6) is 17.2 Å². The average molecular weight is 398 g/mol. The molecule has 156 valence electrons. The number of nitrogens with zero attached hydrogens (tertiary/aromatic N) is 1. The minimum Gasteiger partial charge on any atom is -0.497 e. The fourth-order valence-corrected chi connectivity index (χ4v) is 3.94. The van der Waals surface area contributed by atoms with E-state index in [9.17, 15) is 4.79 Å². The van der Waals surface area contributed by atoms with E-state index in [1.165, 1.54) is 5.56 Å². The van der Waals surface area contributed by atoms with E-state index in [1.54, 1.807) is 21.3 Å². The Bertz CT molecular complexity index is 885. The van der Waals surface area contributed by atoms with Crippen LogP contribution in [0.4, 0.5) is 0 Å². The summed E-state index contributed by atoms with van der Waals surface area (Å²) in [4.78, 5) is 15.3. The van der Waals surface area contributed by atoms with Crippen molar-refractivity contribution in [3.8, 4) is 17.2 Å². The van der Waals surface area contributed by atoms with Crippen LogP contribution in [0, 0.1) is 5.41 Å². The number of methoxy groups -OCH3 is 3. The van der Waals surface area contributed by atoms with Gasteiger partial charge in [0.1, 0.15) is 5.75 Å². The van der Waals surface area contributed by atoms with Crippen molar-refractivity contribution in [1.82, 2.24) is 4.90 Å². The van der Waals surface area contributed by atoms with Gasteiger partial charge in [-0.2, -0.15) is 0 Å². The number of carbonyl (C=O) groups excluding carboxylic acids is 1. The largest absolute Gasteiger partial charge is 0.497 e. The summed E-state index contributed by atoms with van der Waals surface area (Å²) in [5.41, 5.74) is 3.01. The molecule has 0 spiro atoms. The summed E-state index contributed by atoms with van der Waals surface area (Å²) < 4.78 is 16.4. The zero-order valence-corrected chi connectivity index (χ0v) is 18.2. The van der Waals surface area contributed by atoms with Crippen molar-refractivity contribution in [2.24, 2.45) is 5.41 Å². The molecule has 2 aromatic carbocycles. The first kappa shape index (κ1) is 21.0. The van der Waals surface area contributed by atoms with Gasteiger partial charge in [-0.15, -0.1) is 0 Å². The molecule has 3 rings (SSSR count). The molecule has 0 aliphatic carbocycles. The molecule has 1 heterocycles. The lowest BCUT2D eigenvalue weighted by Gasteiger charge is -2.41. The summed E-state index contributed by atoms with van der Waals surface area (Å²) in [6, 6.07) is 12.0. The normalized spacial score (nSPS) is 16.2. The molecule has 0 saturated heterocycles. The Hall–Kier alpha value is -2.69. The lowest BCUT2D eigenvalue weighted by atomic mass is 9.85. The first-order valence-electron chi connectivity index (χ1n) is 9.97. The summed E-state index contributed by atoms with van der Waals surface area (Å²) in [6.45, 7) is 6.61. The van der Waals surface area contributed by atoms with Crippen LogP contribution >= 0.6 is 0 Å². The number of amides is 1. The van der Waals surface area contributed by atoms with E-state index < -0.39 is 5.41 Å². The van der Waals surface area contributed by atoms with Crippen molar-refractivity contribution in [3.63, 3.8) is 0 Å². The maximum Gasteiger partial charge on any atom is 0.228 e. The molecule has 5 heteroatoms. The highest BCUT2D eigenvalue weighted by Crippen LogP contribution is 2.41. The third-order valence-electron chi connectivity index (χ3n) is 5.47. The van der Waals surface area contributed by atoms with Crippen molar-refractivity contribution < 1.29 is 19.0 Å². The number of fused-ring (bicyclic) bond motifs is 1. The minimum absolute atomic E-state index is 0.0719. The van der Waals surface area contributed by atoms with Crippen LogP contribution in [0.3, 0.4) is 0 Å². The average Bonchev–Trinajstić information content (AvgIpc) is 2.71. The monoisotopic (exact) mass is 397 g/mol. The fourth-order valence-electron chi connectivity index (χ4n) is 3.94. The number of hydrogen-bond acceptors (Lipinski definition) is 4. The molecule has 1 aliphatic heterocycles. The number of ether oxygens (including phenoxy) is 3. The van der Waals surface area contributed by atoms with E-state index in [-0.39, 0.29) is 11.9 Å². The smallest absolute Gasteiger partial charge is 0.228 e. The lowest BCUT2D eigenvalue weighted by Crippen LogP contribution is -2.46. The van der Waals surface area contributed by atoms with Crippen LogP contribution in [0.15, 0.2) is 36.4 Å². The molecule has 2 aromatic rings. The van der Waals surface area contributed by atoms with E-state index in [4.69, 9.17) is 14.2 Å². The van der Waals surface area contributed by atoms with Gasteiger partial charge in [0.25, 0.3) is 0 Å². The molecule has 1 unspecified atom stereocenters. The number of rotatable bonds is 5. The molecule has 5 nitrogen and oxygen atoms in total. The molecule has 1 amide bonds. The van der Waals surface area contributed by atoms with Gasteiger partial charge in [0.05, 0.1) is 27.4 Å². The number of benzene rings is 2. The molecule has 0 bridgehead atoms. The fraction of sp³-hybridized carbons (Fsp3) is 0.458. The van der Waals surface area contributed by atoms with Gasteiger partial charge in [0.2, 0.25) is 5.91 Å². The second kappa shape index (κ2) is 8.36. The zero-order chi connectivity index (χ0) is 21.2. The Balaban J connectivity index is 2.08. The summed E-state index contributed by atoms with van der Waals surface area (Å²) >= 11 is 0. The van der Waals surface area contributed by atoms with E-state index in [2.05, 4.69) is 6.07 Å². The predicted octanol–water partition coefficient (Wildman–Crippen LogP) is 4.43. The third-order valence-corrected chi connectivity index (χ3v) is 5.47. The predicted molar refractivity (Wildman–Crippen MR) is 114 cm³/mol. The Morgan fingerprint density at radius 1 is 1.03 bits per heavy atom. The van der Waals surface area contributed by atoms with Crippen LogP contribution in [0.25, 0.3) is 0 Å². The van der Waals surface area contributed by atoms with E-state index in [0.29, 0.717) is 18.7 Å². The first-order valence-corrected chi connectivity index (χ1v) is 9.97. The number of carbonyl (C=O) groups is 1. The molecule has 1 atom stereocenters. The lowest BCUT2D eigenvalue weighted by molar-refractivity contribution is -0.142. The maximum atomic E-state index is 13.3.